The number of hydrogen-bond acceptors (Lipinski definition) is 6. The molecular weight excluding hydrogens is 348 g/mol. The highest BCUT2D eigenvalue weighted by atomic mass is 16.5. The molecule has 0 bridgehead atoms. The van der Waals surface area contributed by atoms with E-state index in [0.717, 1.165) is 32.1 Å². The predicted octanol–water partition coefficient (Wildman–Crippen LogP) is 1.44. The smallest absolute Gasteiger partial charge is 0.252 e. The van der Waals surface area contributed by atoms with Crippen LogP contribution < -0.4 is 16.2 Å². The zero-order chi connectivity index (χ0) is 19.1. The van der Waals surface area contributed by atoms with Gasteiger partial charge in [0.2, 0.25) is 5.91 Å². The molecule has 2 aliphatic rings. The second-order valence-electron chi connectivity index (χ2n) is 7.36. The van der Waals surface area contributed by atoms with Crippen molar-refractivity contribution in [3.63, 3.8) is 0 Å². The summed E-state index contributed by atoms with van der Waals surface area (Å²) in [7, 11) is 0. The third kappa shape index (κ3) is 5.77. The highest BCUT2D eigenvalue weighted by Crippen LogP contribution is 2.29. The van der Waals surface area contributed by atoms with E-state index >= 15 is 0 Å². The Labute approximate surface area is 159 Å². The number of anilines is 1. The van der Waals surface area contributed by atoms with Crippen LogP contribution in [0.25, 0.3) is 0 Å². The SMILES string of the molecule is CCCO[C@@H]1C[C@@H](C(=O)NC2CCOCC2)CC[C@H]1Nc1cc(=O)[nH]cn1. The number of hydrogen-bond donors (Lipinski definition) is 3. The van der Waals surface area contributed by atoms with Crippen LogP contribution in [0.2, 0.25) is 0 Å². The Kier molecular flexibility index (Phi) is 7.23. The molecule has 8 heteroatoms. The number of nitrogens with zero attached hydrogens (tertiary/aromatic N) is 1. The quantitative estimate of drug-likeness (QED) is 0.663. The van der Waals surface area contributed by atoms with E-state index in [-0.39, 0.29) is 35.6 Å². The molecule has 2 heterocycles. The maximum atomic E-state index is 12.7. The van der Waals surface area contributed by atoms with Crippen molar-refractivity contribution in [2.45, 2.75) is 63.6 Å². The molecule has 3 rings (SSSR count). The van der Waals surface area contributed by atoms with E-state index in [1.807, 2.05) is 0 Å². The molecule has 0 unspecified atom stereocenters. The van der Waals surface area contributed by atoms with E-state index in [0.29, 0.717) is 32.1 Å². The summed E-state index contributed by atoms with van der Waals surface area (Å²) in [5.74, 6) is 0.624. The van der Waals surface area contributed by atoms with E-state index < -0.39 is 0 Å². The number of carbonyl (C=O) groups is 1. The van der Waals surface area contributed by atoms with Gasteiger partial charge in [-0.25, -0.2) is 4.98 Å². The summed E-state index contributed by atoms with van der Waals surface area (Å²) in [4.78, 5) is 30.9. The fourth-order valence-corrected chi connectivity index (χ4v) is 3.78. The molecule has 1 aliphatic heterocycles. The van der Waals surface area contributed by atoms with Crippen molar-refractivity contribution in [1.82, 2.24) is 15.3 Å². The van der Waals surface area contributed by atoms with E-state index in [9.17, 15) is 9.59 Å². The van der Waals surface area contributed by atoms with Gasteiger partial charge in [0.1, 0.15) is 5.82 Å². The van der Waals surface area contributed by atoms with Crippen molar-refractivity contribution in [2.24, 2.45) is 5.92 Å². The van der Waals surface area contributed by atoms with Crippen LogP contribution in [0.15, 0.2) is 17.2 Å². The normalized spacial score (nSPS) is 26.5. The summed E-state index contributed by atoms with van der Waals surface area (Å²) < 4.78 is 11.4. The van der Waals surface area contributed by atoms with Gasteiger partial charge >= 0.3 is 0 Å². The summed E-state index contributed by atoms with van der Waals surface area (Å²) in [5, 5.41) is 6.50. The molecular formula is C19H30N4O4. The molecule has 0 spiro atoms. The van der Waals surface area contributed by atoms with Crippen LogP contribution in [0.3, 0.4) is 0 Å². The van der Waals surface area contributed by atoms with E-state index in [2.05, 4.69) is 27.5 Å². The van der Waals surface area contributed by atoms with Crippen molar-refractivity contribution < 1.29 is 14.3 Å². The van der Waals surface area contributed by atoms with E-state index in [1.54, 1.807) is 0 Å². The Balaban J connectivity index is 1.59. The topological polar surface area (TPSA) is 105 Å². The zero-order valence-corrected chi connectivity index (χ0v) is 15.9. The fraction of sp³-hybridized carbons (Fsp3) is 0.737. The van der Waals surface area contributed by atoms with Crippen molar-refractivity contribution in [1.29, 1.82) is 0 Å². The van der Waals surface area contributed by atoms with Crippen LogP contribution in [-0.2, 0) is 14.3 Å². The average molecular weight is 378 g/mol. The molecule has 0 aromatic carbocycles. The molecule has 27 heavy (non-hydrogen) atoms. The predicted molar refractivity (Wildman–Crippen MR) is 102 cm³/mol. The number of ether oxygens (including phenoxy) is 2. The van der Waals surface area contributed by atoms with Crippen LogP contribution in [0.1, 0.15) is 45.4 Å². The summed E-state index contributed by atoms with van der Waals surface area (Å²) in [6.45, 7) is 4.15. The van der Waals surface area contributed by atoms with Crippen LogP contribution >= 0.6 is 0 Å². The standard InChI is InChI=1S/C19H30N4O4/c1-2-7-27-16-10-13(19(25)22-14-5-8-26-9-6-14)3-4-15(16)23-17-11-18(24)21-12-20-17/h11-16H,2-10H2,1H3,(H,22,25)(H2,20,21,23,24)/t13-,15+,16+/m0/s1. The van der Waals surface area contributed by atoms with Gasteiger partial charge < -0.3 is 25.1 Å². The first-order valence-electron chi connectivity index (χ1n) is 9.96. The Hall–Kier alpha value is -1.93. The molecule has 1 saturated carbocycles. The average Bonchev–Trinajstić information content (AvgIpc) is 2.68. The number of aromatic nitrogens is 2. The van der Waals surface area contributed by atoms with Gasteiger partial charge in [0.25, 0.3) is 5.56 Å². The number of amides is 1. The van der Waals surface area contributed by atoms with Crippen LogP contribution in [0.4, 0.5) is 5.82 Å². The fourth-order valence-electron chi connectivity index (χ4n) is 3.78. The Morgan fingerprint density at radius 2 is 2.15 bits per heavy atom. The maximum Gasteiger partial charge on any atom is 0.252 e. The van der Waals surface area contributed by atoms with E-state index in [4.69, 9.17) is 9.47 Å². The van der Waals surface area contributed by atoms with Gasteiger partial charge in [-0.3, -0.25) is 9.59 Å². The molecule has 0 radical (unpaired) electrons. The summed E-state index contributed by atoms with van der Waals surface area (Å²) >= 11 is 0. The second kappa shape index (κ2) is 9.85. The van der Waals surface area contributed by atoms with Crippen LogP contribution in [-0.4, -0.2) is 53.9 Å². The number of aromatic amines is 1. The lowest BCUT2D eigenvalue weighted by molar-refractivity contribution is -0.129. The van der Waals surface area contributed by atoms with Gasteiger partial charge in [-0.15, -0.1) is 0 Å². The monoisotopic (exact) mass is 378 g/mol. The molecule has 3 N–H and O–H groups in total. The highest BCUT2D eigenvalue weighted by Gasteiger charge is 2.35. The lowest BCUT2D eigenvalue weighted by Crippen LogP contribution is -2.48. The lowest BCUT2D eigenvalue weighted by Gasteiger charge is -2.36. The van der Waals surface area contributed by atoms with Gasteiger partial charge in [0.05, 0.1) is 18.5 Å². The molecule has 1 aromatic heterocycles. The number of H-pyrrole nitrogens is 1. The summed E-state index contributed by atoms with van der Waals surface area (Å²) in [6.07, 6.45) is 6.27. The largest absolute Gasteiger partial charge is 0.381 e. The molecule has 150 valence electrons. The molecule has 3 atom stereocenters. The first kappa shape index (κ1) is 19.8. The second-order valence-corrected chi connectivity index (χ2v) is 7.36. The number of rotatable bonds is 7. The minimum Gasteiger partial charge on any atom is -0.381 e. The zero-order valence-electron chi connectivity index (χ0n) is 15.9. The molecule has 1 amide bonds. The minimum absolute atomic E-state index is 0.0398. The van der Waals surface area contributed by atoms with Crippen LogP contribution in [0.5, 0.6) is 0 Å². The Morgan fingerprint density at radius 1 is 1.33 bits per heavy atom. The lowest BCUT2D eigenvalue weighted by atomic mass is 9.83. The van der Waals surface area contributed by atoms with Crippen molar-refractivity contribution >= 4 is 11.7 Å². The van der Waals surface area contributed by atoms with Gasteiger partial charge in [-0.1, -0.05) is 6.92 Å². The molecule has 2 fully saturated rings. The van der Waals surface area contributed by atoms with Crippen LogP contribution in [0, 0.1) is 5.92 Å². The Morgan fingerprint density at radius 3 is 2.89 bits per heavy atom. The van der Waals surface area contributed by atoms with Crippen molar-refractivity contribution in [2.75, 3.05) is 25.1 Å². The third-order valence-corrected chi connectivity index (χ3v) is 5.28. The van der Waals surface area contributed by atoms with Gasteiger partial charge in [0.15, 0.2) is 0 Å². The van der Waals surface area contributed by atoms with Crippen molar-refractivity contribution in [3.05, 3.63) is 22.7 Å². The highest BCUT2D eigenvalue weighted by molar-refractivity contribution is 5.79. The molecule has 1 saturated heterocycles. The van der Waals surface area contributed by atoms with E-state index in [1.165, 1.54) is 12.4 Å². The number of nitrogens with one attached hydrogen (secondary N) is 3. The van der Waals surface area contributed by atoms with Gasteiger partial charge in [0, 0.05) is 37.8 Å². The number of carbonyl (C=O) groups excluding carboxylic acids is 1. The molecule has 8 nitrogen and oxygen atoms in total. The van der Waals surface area contributed by atoms with Gasteiger partial charge in [-0.05, 0) is 38.5 Å². The minimum atomic E-state index is -0.192. The van der Waals surface area contributed by atoms with Gasteiger partial charge in [-0.2, -0.15) is 0 Å². The van der Waals surface area contributed by atoms with Crippen molar-refractivity contribution in [3.8, 4) is 0 Å². The third-order valence-electron chi connectivity index (χ3n) is 5.28. The summed E-state index contributed by atoms with van der Waals surface area (Å²) in [6, 6.07) is 1.70. The Bertz CT molecular complexity index is 659. The first-order valence-corrected chi connectivity index (χ1v) is 9.96. The first-order chi connectivity index (χ1) is 13.2. The molecule has 1 aliphatic carbocycles. The maximum absolute atomic E-state index is 12.7. The summed E-state index contributed by atoms with van der Waals surface area (Å²) in [5.41, 5.74) is -0.192. The molecule has 1 aromatic rings.